The van der Waals surface area contributed by atoms with Crippen molar-refractivity contribution in [3.05, 3.63) is 18.2 Å². The SMILES string of the molecule is N[C@@H](Cc1cnc[nH]1)C(=O)O.[Ca+2].[Cl-].[Cl-]. The van der Waals surface area contributed by atoms with E-state index in [2.05, 4.69) is 9.97 Å². The summed E-state index contributed by atoms with van der Waals surface area (Å²) in [5.41, 5.74) is 6.00. The quantitative estimate of drug-likeness (QED) is 0.474. The standard InChI is InChI=1S/C6H9N3O2.Ca.2ClH/c7-5(6(10)11)1-4-2-8-3-9-4;;;/h2-3,5H,1,7H2,(H,8,9)(H,10,11);;2*1H/q;+2;;/p-2/t5-;;;/m0.../s1. The molecule has 0 aliphatic carbocycles. The summed E-state index contributed by atoms with van der Waals surface area (Å²) >= 11 is 0. The van der Waals surface area contributed by atoms with Gasteiger partial charge in [-0.3, -0.25) is 4.79 Å². The van der Waals surface area contributed by atoms with Gasteiger partial charge in [-0.1, -0.05) is 0 Å². The number of rotatable bonds is 3. The number of aromatic nitrogens is 2. The first kappa shape index (κ1) is 20.0. The fourth-order valence-electron chi connectivity index (χ4n) is 0.721. The van der Waals surface area contributed by atoms with Crippen molar-refractivity contribution in [1.82, 2.24) is 9.97 Å². The van der Waals surface area contributed by atoms with Crippen LogP contribution in [0, 0.1) is 0 Å². The van der Waals surface area contributed by atoms with Gasteiger partial charge in [0.15, 0.2) is 0 Å². The summed E-state index contributed by atoms with van der Waals surface area (Å²) in [6.45, 7) is 0. The van der Waals surface area contributed by atoms with Crippen LogP contribution in [-0.2, 0) is 11.2 Å². The number of aliphatic carboxylic acids is 1. The second kappa shape index (κ2) is 10.0. The van der Waals surface area contributed by atoms with E-state index in [1.165, 1.54) is 6.33 Å². The van der Waals surface area contributed by atoms with Crippen molar-refractivity contribution in [1.29, 1.82) is 0 Å². The number of hydrogen-bond acceptors (Lipinski definition) is 3. The van der Waals surface area contributed by atoms with E-state index in [4.69, 9.17) is 10.8 Å². The maximum atomic E-state index is 10.3. The largest absolute Gasteiger partial charge is 2.00 e. The minimum Gasteiger partial charge on any atom is -1.00 e. The third-order valence-electron chi connectivity index (χ3n) is 1.31. The predicted molar refractivity (Wildman–Crippen MR) is 43.7 cm³/mol. The van der Waals surface area contributed by atoms with Crippen LogP contribution >= 0.6 is 0 Å². The molecular formula is C6H9CaCl2N3O2. The van der Waals surface area contributed by atoms with Crippen molar-refractivity contribution >= 4 is 43.7 Å². The van der Waals surface area contributed by atoms with Crippen LogP contribution in [0.3, 0.4) is 0 Å². The number of nitrogens with zero attached hydrogens (tertiary/aromatic N) is 1. The molecule has 0 bridgehead atoms. The number of nitrogens with two attached hydrogens (primary N) is 1. The summed E-state index contributed by atoms with van der Waals surface area (Å²) in [5, 5.41) is 8.42. The Hall–Kier alpha value is 0.480. The molecule has 0 unspecified atom stereocenters. The van der Waals surface area contributed by atoms with E-state index in [1.807, 2.05) is 0 Å². The first-order chi connectivity index (χ1) is 5.20. The topological polar surface area (TPSA) is 92.0 Å². The van der Waals surface area contributed by atoms with E-state index in [0.29, 0.717) is 0 Å². The zero-order chi connectivity index (χ0) is 8.27. The van der Waals surface area contributed by atoms with Crippen LogP contribution in [-0.4, -0.2) is 64.8 Å². The van der Waals surface area contributed by atoms with Gasteiger partial charge in [0, 0.05) is 18.3 Å². The fraction of sp³-hybridized carbons (Fsp3) is 0.333. The van der Waals surface area contributed by atoms with Crippen LogP contribution in [0.2, 0.25) is 0 Å². The molecule has 0 aliphatic heterocycles. The van der Waals surface area contributed by atoms with E-state index in [0.717, 1.165) is 5.69 Å². The minimum absolute atomic E-state index is 0. The predicted octanol–water partition coefficient (Wildman–Crippen LogP) is -7.01. The fourth-order valence-corrected chi connectivity index (χ4v) is 0.721. The van der Waals surface area contributed by atoms with Crippen molar-refractivity contribution in [2.45, 2.75) is 12.5 Å². The zero-order valence-electron chi connectivity index (χ0n) is 7.28. The van der Waals surface area contributed by atoms with Gasteiger partial charge in [0.25, 0.3) is 0 Å². The van der Waals surface area contributed by atoms with Crippen LogP contribution in [0.15, 0.2) is 12.5 Å². The van der Waals surface area contributed by atoms with Crippen LogP contribution in [0.1, 0.15) is 5.69 Å². The maximum absolute atomic E-state index is 10.3. The van der Waals surface area contributed by atoms with Gasteiger partial charge in [-0.05, 0) is 0 Å². The summed E-state index contributed by atoms with van der Waals surface area (Å²) in [5.74, 6) is -1.00. The molecule has 5 nitrogen and oxygen atoms in total. The van der Waals surface area contributed by atoms with Gasteiger partial charge in [0.05, 0.1) is 6.33 Å². The van der Waals surface area contributed by atoms with Crippen LogP contribution in [0.4, 0.5) is 0 Å². The number of aromatic amines is 1. The second-order valence-electron chi connectivity index (χ2n) is 2.23. The summed E-state index contributed by atoms with van der Waals surface area (Å²) in [6, 6.07) is -0.851. The molecule has 0 spiro atoms. The molecule has 1 aromatic rings. The smallest absolute Gasteiger partial charge is 1.00 e. The van der Waals surface area contributed by atoms with Gasteiger partial charge in [0.2, 0.25) is 0 Å². The Morgan fingerprint density at radius 2 is 2.21 bits per heavy atom. The Balaban J connectivity index is -0.000000403. The Bertz CT molecular complexity index is 245. The molecule has 4 N–H and O–H groups in total. The molecule has 14 heavy (non-hydrogen) atoms. The number of hydrogen-bond donors (Lipinski definition) is 3. The number of carbonyl (C=O) groups is 1. The molecule has 0 saturated heterocycles. The Kier molecular flexibility index (Phi) is 14.3. The Morgan fingerprint density at radius 1 is 1.64 bits per heavy atom. The number of carboxylic acid groups (broad SMARTS) is 1. The average Bonchev–Trinajstić information content (AvgIpc) is 2.39. The van der Waals surface area contributed by atoms with Gasteiger partial charge < -0.3 is 40.6 Å². The molecule has 0 aliphatic rings. The normalized spacial score (nSPS) is 10.1. The van der Waals surface area contributed by atoms with Crippen molar-refractivity contribution in [2.75, 3.05) is 0 Å². The number of carboxylic acids is 1. The number of nitrogens with one attached hydrogen (secondary N) is 1. The summed E-state index contributed by atoms with van der Waals surface area (Å²) < 4.78 is 0. The van der Waals surface area contributed by atoms with Crippen molar-refractivity contribution in [3.8, 4) is 0 Å². The molecule has 0 fully saturated rings. The monoisotopic (exact) mass is 265 g/mol. The van der Waals surface area contributed by atoms with Crippen molar-refractivity contribution in [3.63, 3.8) is 0 Å². The van der Waals surface area contributed by atoms with E-state index in [9.17, 15) is 4.79 Å². The van der Waals surface area contributed by atoms with E-state index in [1.54, 1.807) is 6.20 Å². The molecule has 0 aromatic carbocycles. The second-order valence-corrected chi connectivity index (χ2v) is 2.23. The molecule has 1 heterocycles. The van der Waals surface area contributed by atoms with Crippen LogP contribution in [0.5, 0.6) is 0 Å². The van der Waals surface area contributed by atoms with Gasteiger partial charge in [-0.25, -0.2) is 4.98 Å². The number of imidazole rings is 1. The first-order valence-corrected chi connectivity index (χ1v) is 3.16. The number of H-pyrrole nitrogens is 1. The van der Waals surface area contributed by atoms with Crippen LogP contribution < -0.4 is 30.5 Å². The third kappa shape index (κ3) is 6.86. The van der Waals surface area contributed by atoms with Gasteiger partial charge in [0.1, 0.15) is 6.04 Å². The molecule has 76 valence electrons. The Labute approximate surface area is 124 Å². The van der Waals surface area contributed by atoms with Crippen molar-refractivity contribution in [2.24, 2.45) is 5.73 Å². The molecule has 0 amide bonds. The minimum atomic E-state index is -1.00. The zero-order valence-corrected chi connectivity index (χ0v) is 11.0. The first-order valence-electron chi connectivity index (χ1n) is 3.16. The van der Waals surface area contributed by atoms with Crippen LogP contribution in [0.25, 0.3) is 0 Å². The maximum Gasteiger partial charge on any atom is 2.00 e. The van der Waals surface area contributed by atoms with E-state index < -0.39 is 12.0 Å². The summed E-state index contributed by atoms with van der Waals surface area (Å²) in [6.07, 6.45) is 3.34. The molecule has 1 atom stereocenters. The summed E-state index contributed by atoms with van der Waals surface area (Å²) in [7, 11) is 0. The number of halogens is 2. The molecule has 0 saturated carbocycles. The molecule has 1 rings (SSSR count). The van der Waals surface area contributed by atoms with Gasteiger partial charge in [-0.15, -0.1) is 0 Å². The van der Waals surface area contributed by atoms with E-state index >= 15 is 0 Å². The third-order valence-corrected chi connectivity index (χ3v) is 1.31. The average molecular weight is 266 g/mol. The van der Waals surface area contributed by atoms with Gasteiger partial charge in [-0.2, -0.15) is 0 Å². The van der Waals surface area contributed by atoms with E-state index in [-0.39, 0.29) is 69.0 Å². The summed E-state index contributed by atoms with van der Waals surface area (Å²) in [4.78, 5) is 16.8. The molecule has 8 heteroatoms. The molecule has 0 radical (unpaired) electrons. The Morgan fingerprint density at radius 3 is 2.57 bits per heavy atom. The molecular weight excluding hydrogens is 257 g/mol. The van der Waals surface area contributed by atoms with Crippen molar-refractivity contribution < 1.29 is 34.7 Å². The van der Waals surface area contributed by atoms with Gasteiger partial charge >= 0.3 is 43.7 Å². The molecule has 1 aromatic heterocycles.